The number of hydrogen-bond acceptors (Lipinski definition) is 2. The van der Waals surface area contributed by atoms with E-state index < -0.39 is 0 Å². The zero-order valence-electron chi connectivity index (χ0n) is 12.8. The Balaban J connectivity index is 1.50. The van der Waals surface area contributed by atoms with Crippen LogP contribution >= 0.6 is 11.6 Å². The van der Waals surface area contributed by atoms with Gasteiger partial charge < -0.3 is 10.2 Å². The largest absolute Gasteiger partial charge is 0.351 e. The van der Waals surface area contributed by atoms with Gasteiger partial charge in [0.05, 0.1) is 6.04 Å². The van der Waals surface area contributed by atoms with Gasteiger partial charge in [0.15, 0.2) is 0 Å². The maximum atomic E-state index is 12.1. The minimum absolute atomic E-state index is 0.0446. The number of benzene rings is 1. The number of carbonyl (C=O) groups is 2. The maximum Gasteiger partial charge on any atom is 0.226 e. The zero-order valence-corrected chi connectivity index (χ0v) is 13.5. The third-order valence-corrected chi connectivity index (χ3v) is 4.89. The molecule has 5 heteroatoms. The Morgan fingerprint density at radius 1 is 1.45 bits per heavy atom. The van der Waals surface area contributed by atoms with Crippen LogP contribution in [0.3, 0.4) is 0 Å². The van der Waals surface area contributed by atoms with E-state index in [1.54, 1.807) is 0 Å². The number of carbonyl (C=O) groups excluding carboxylic acids is 2. The quantitative estimate of drug-likeness (QED) is 0.905. The number of nitrogens with zero attached hydrogens (tertiary/aromatic N) is 1. The Morgan fingerprint density at radius 3 is 2.91 bits per heavy atom. The van der Waals surface area contributed by atoms with E-state index >= 15 is 0 Å². The van der Waals surface area contributed by atoms with Gasteiger partial charge in [0.2, 0.25) is 11.8 Å². The van der Waals surface area contributed by atoms with E-state index in [0.29, 0.717) is 24.5 Å². The van der Waals surface area contributed by atoms with Gasteiger partial charge in [-0.25, -0.2) is 0 Å². The first-order valence-corrected chi connectivity index (χ1v) is 8.17. The normalized spacial score (nSPS) is 22.7. The van der Waals surface area contributed by atoms with Crippen LogP contribution in [0, 0.1) is 5.41 Å². The molecule has 2 amide bonds. The lowest BCUT2D eigenvalue weighted by Crippen LogP contribution is -2.40. The van der Waals surface area contributed by atoms with Crippen molar-refractivity contribution in [3.8, 4) is 0 Å². The third kappa shape index (κ3) is 3.43. The highest BCUT2D eigenvalue weighted by atomic mass is 35.5. The highest BCUT2D eigenvalue weighted by molar-refractivity contribution is 6.30. The monoisotopic (exact) mass is 320 g/mol. The first kappa shape index (κ1) is 15.3. The molecule has 0 spiro atoms. The number of likely N-dealkylation sites (tertiary alicyclic amines) is 1. The number of hydrogen-bond donors (Lipinski definition) is 1. The Kier molecular flexibility index (Phi) is 4.13. The topological polar surface area (TPSA) is 49.4 Å². The molecule has 1 heterocycles. The summed E-state index contributed by atoms with van der Waals surface area (Å²) in [6.07, 6.45) is 3.11. The number of amides is 2. The van der Waals surface area contributed by atoms with Crippen LogP contribution in [-0.2, 0) is 16.0 Å². The van der Waals surface area contributed by atoms with Crippen LogP contribution in [0.15, 0.2) is 24.3 Å². The number of halogens is 1. The van der Waals surface area contributed by atoms with E-state index in [9.17, 15) is 9.59 Å². The molecule has 1 saturated carbocycles. The van der Waals surface area contributed by atoms with Crippen molar-refractivity contribution in [2.45, 2.75) is 38.6 Å². The molecule has 1 saturated heterocycles. The average Bonchev–Trinajstić information content (AvgIpc) is 3.13. The molecule has 1 aromatic carbocycles. The fraction of sp³-hybridized carbons (Fsp3) is 0.529. The van der Waals surface area contributed by atoms with Crippen molar-refractivity contribution >= 4 is 23.4 Å². The summed E-state index contributed by atoms with van der Waals surface area (Å²) < 4.78 is 0. The van der Waals surface area contributed by atoms with Gasteiger partial charge in [-0.15, -0.1) is 0 Å². The first-order chi connectivity index (χ1) is 10.5. The van der Waals surface area contributed by atoms with Gasteiger partial charge in [0.1, 0.15) is 0 Å². The van der Waals surface area contributed by atoms with Crippen molar-refractivity contribution in [1.82, 2.24) is 10.2 Å². The zero-order chi connectivity index (χ0) is 15.7. The summed E-state index contributed by atoms with van der Waals surface area (Å²) in [5.41, 5.74) is 0.940. The van der Waals surface area contributed by atoms with Crippen LogP contribution < -0.4 is 5.32 Å². The van der Waals surface area contributed by atoms with Crippen molar-refractivity contribution in [2.75, 3.05) is 13.1 Å². The van der Waals surface area contributed by atoms with Gasteiger partial charge in [-0.3, -0.25) is 9.59 Å². The molecular formula is C17H21ClN2O2. The lowest BCUT2D eigenvalue weighted by molar-refractivity contribution is -0.127. The van der Waals surface area contributed by atoms with Gasteiger partial charge in [0, 0.05) is 29.9 Å². The molecular weight excluding hydrogens is 300 g/mol. The van der Waals surface area contributed by atoms with E-state index in [1.165, 1.54) is 0 Å². The van der Waals surface area contributed by atoms with Crippen LogP contribution in [0.1, 0.15) is 31.7 Å². The van der Waals surface area contributed by atoms with E-state index in [0.717, 1.165) is 24.8 Å². The Labute approximate surface area is 135 Å². The van der Waals surface area contributed by atoms with Crippen molar-refractivity contribution in [2.24, 2.45) is 5.41 Å². The van der Waals surface area contributed by atoms with Crippen LogP contribution in [0.2, 0.25) is 5.02 Å². The number of nitrogens with one attached hydrogen (secondary N) is 1. The van der Waals surface area contributed by atoms with Crippen LogP contribution in [0.4, 0.5) is 0 Å². The SMILES string of the molecule is CC1(C(=O)N[C@@H]2CC(=O)N(CCc3cccc(Cl)c3)C2)CC1. The fourth-order valence-electron chi connectivity index (χ4n) is 2.82. The third-order valence-electron chi connectivity index (χ3n) is 4.66. The summed E-state index contributed by atoms with van der Waals surface area (Å²) in [4.78, 5) is 26.0. The minimum Gasteiger partial charge on any atom is -0.351 e. The van der Waals surface area contributed by atoms with Crippen molar-refractivity contribution in [3.63, 3.8) is 0 Å². The van der Waals surface area contributed by atoms with E-state index in [1.807, 2.05) is 36.1 Å². The van der Waals surface area contributed by atoms with Crippen molar-refractivity contribution in [1.29, 1.82) is 0 Å². The summed E-state index contributed by atoms with van der Waals surface area (Å²) in [5.74, 6) is 0.218. The Hall–Kier alpha value is -1.55. The summed E-state index contributed by atoms with van der Waals surface area (Å²) in [6, 6.07) is 7.66. The predicted octanol–water partition coefficient (Wildman–Crippen LogP) is 2.40. The predicted molar refractivity (Wildman–Crippen MR) is 85.6 cm³/mol. The highest BCUT2D eigenvalue weighted by Crippen LogP contribution is 2.45. The summed E-state index contributed by atoms with van der Waals surface area (Å²) in [5, 5.41) is 3.74. The van der Waals surface area contributed by atoms with Crippen LogP contribution in [-0.4, -0.2) is 35.8 Å². The molecule has 2 fully saturated rings. The van der Waals surface area contributed by atoms with Gasteiger partial charge in [-0.2, -0.15) is 0 Å². The Bertz CT molecular complexity index is 598. The molecule has 118 valence electrons. The highest BCUT2D eigenvalue weighted by Gasteiger charge is 2.46. The summed E-state index contributed by atoms with van der Waals surface area (Å²) >= 11 is 5.97. The lowest BCUT2D eigenvalue weighted by Gasteiger charge is -2.18. The Morgan fingerprint density at radius 2 is 2.23 bits per heavy atom. The molecule has 3 rings (SSSR count). The van der Waals surface area contributed by atoms with Crippen molar-refractivity contribution < 1.29 is 9.59 Å². The molecule has 1 atom stereocenters. The summed E-state index contributed by atoms with van der Waals surface area (Å²) in [6.45, 7) is 3.26. The molecule has 22 heavy (non-hydrogen) atoms. The number of rotatable bonds is 5. The molecule has 0 radical (unpaired) electrons. The van der Waals surface area contributed by atoms with Crippen LogP contribution in [0.5, 0.6) is 0 Å². The second kappa shape index (κ2) is 5.92. The van der Waals surface area contributed by atoms with Gasteiger partial charge in [-0.1, -0.05) is 30.7 Å². The summed E-state index contributed by atoms with van der Waals surface area (Å²) in [7, 11) is 0. The second-order valence-corrected chi connectivity index (χ2v) is 7.09. The molecule has 0 aromatic heterocycles. The minimum atomic E-state index is -0.183. The molecule has 0 bridgehead atoms. The van der Waals surface area contributed by atoms with Gasteiger partial charge in [0.25, 0.3) is 0 Å². The average molecular weight is 321 g/mol. The molecule has 1 aliphatic heterocycles. The lowest BCUT2D eigenvalue weighted by atomic mass is 10.1. The smallest absolute Gasteiger partial charge is 0.226 e. The second-order valence-electron chi connectivity index (χ2n) is 6.65. The van der Waals surface area contributed by atoms with E-state index in [4.69, 9.17) is 11.6 Å². The van der Waals surface area contributed by atoms with E-state index in [-0.39, 0.29) is 23.3 Å². The molecule has 1 aliphatic carbocycles. The molecule has 1 aromatic rings. The maximum absolute atomic E-state index is 12.1. The van der Waals surface area contributed by atoms with Crippen molar-refractivity contribution in [3.05, 3.63) is 34.9 Å². The molecule has 2 aliphatic rings. The molecule has 4 nitrogen and oxygen atoms in total. The molecule has 0 unspecified atom stereocenters. The standard InChI is InChI=1S/C17H21ClN2O2/c1-17(6-7-17)16(22)19-14-10-15(21)20(11-14)8-5-12-3-2-4-13(18)9-12/h2-4,9,14H,5-8,10-11H2,1H3,(H,19,22)/t14-/m1/s1. The fourth-order valence-corrected chi connectivity index (χ4v) is 3.03. The van der Waals surface area contributed by atoms with E-state index in [2.05, 4.69) is 5.32 Å². The molecule has 1 N–H and O–H groups in total. The van der Waals surface area contributed by atoms with Gasteiger partial charge >= 0.3 is 0 Å². The van der Waals surface area contributed by atoms with Gasteiger partial charge in [-0.05, 0) is 37.0 Å². The van der Waals surface area contributed by atoms with Crippen LogP contribution in [0.25, 0.3) is 0 Å². The first-order valence-electron chi connectivity index (χ1n) is 7.79.